The topological polar surface area (TPSA) is 140 Å². The van der Waals surface area contributed by atoms with Crippen molar-refractivity contribution in [3.05, 3.63) is 110 Å². The number of aliphatic hydroxyl groups excluding tert-OH is 1. The normalized spacial score (nSPS) is 20.5. The lowest BCUT2D eigenvalue weighted by Gasteiger charge is -2.34. The molecule has 2 heterocycles. The molecule has 3 atom stereocenters. The number of thioether (sulfide) groups is 2. The number of nitrogens with zero attached hydrogens (tertiary/aromatic N) is 1. The number of nitrogen functional groups attached to an aromatic ring is 2. The molecule has 2 saturated heterocycles. The highest BCUT2D eigenvalue weighted by Gasteiger charge is 2.34. The summed E-state index contributed by atoms with van der Waals surface area (Å²) in [5.41, 5.74) is 19.1. The Morgan fingerprint density at radius 3 is 1.46 bits per heavy atom. The Morgan fingerprint density at radius 2 is 1.00 bits per heavy atom. The number of thiol groups is 1. The summed E-state index contributed by atoms with van der Waals surface area (Å²) < 4.78 is 38.7. The third-order valence-electron chi connectivity index (χ3n) is 18.6. The van der Waals surface area contributed by atoms with Crippen LogP contribution < -0.4 is 26.3 Å². The van der Waals surface area contributed by atoms with Crippen LogP contribution in [0.2, 0.25) is 15.1 Å². The van der Waals surface area contributed by atoms with Crippen molar-refractivity contribution in [3.63, 3.8) is 0 Å². The Balaban J connectivity index is 0.000000179. The van der Waals surface area contributed by atoms with E-state index in [9.17, 15) is 13.5 Å². The maximum atomic E-state index is 13.3. The lowest BCUT2D eigenvalue weighted by atomic mass is 9.82. The Labute approximate surface area is 529 Å². The van der Waals surface area contributed by atoms with Crippen molar-refractivity contribution in [2.45, 2.75) is 183 Å². The second kappa shape index (κ2) is 35.7. The summed E-state index contributed by atoms with van der Waals surface area (Å²) in [4.78, 5) is 0.238. The number of aryl methyl sites for hydroxylation is 1. The van der Waals surface area contributed by atoms with E-state index >= 15 is 0 Å². The van der Waals surface area contributed by atoms with E-state index in [0.717, 1.165) is 98.1 Å². The van der Waals surface area contributed by atoms with Crippen molar-refractivity contribution < 1.29 is 23.0 Å². The first-order valence-corrected chi connectivity index (χ1v) is 36.8. The molecule has 4 saturated carbocycles. The van der Waals surface area contributed by atoms with E-state index in [0.29, 0.717) is 52.8 Å². The van der Waals surface area contributed by atoms with Crippen molar-refractivity contribution in [3.8, 4) is 11.5 Å². The molecule has 0 bridgehead atoms. The van der Waals surface area contributed by atoms with E-state index in [1.807, 2.05) is 67.2 Å². The van der Waals surface area contributed by atoms with E-state index in [1.54, 1.807) is 22.5 Å². The number of hydrogen-bond donors (Lipinski definition) is 5. The van der Waals surface area contributed by atoms with Crippen LogP contribution in [0.4, 0.5) is 11.4 Å². The molecule has 6 aliphatic rings. The van der Waals surface area contributed by atoms with Crippen LogP contribution in [-0.4, -0.2) is 75.5 Å². The summed E-state index contributed by atoms with van der Waals surface area (Å²) in [6, 6.07) is 22.4. The van der Waals surface area contributed by atoms with Gasteiger partial charge >= 0.3 is 0 Å². The number of halogens is 3. The molecule has 6 fully saturated rings. The summed E-state index contributed by atoms with van der Waals surface area (Å²) in [6.45, 7) is 5.44. The van der Waals surface area contributed by atoms with Crippen LogP contribution in [0.3, 0.4) is 0 Å². The first-order valence-electron chi connectivity index (χ1n) is 31.5. The highest BCUT2D eigenvalue weighted by Crippen LogP contribution is 2.49. The molecule has 4 aliphatic carbocycles. The van der Waals surface area contributed by atoms with Crippen LogP contribution in [0.5, 0.6) is 11.5 Å². The molecule has 3 unspecified atom stereocenters. The number of rotatable bonds is 17. The number of sulfonamides is 1. The highest BCUT2D eigenvalue weighted by atomic mass is 35.5. The van der Waals surface area contributed by atoms with Crippen LogP contribution in [0.15, 0.2) is 77.7 Å². The minimum absolute atomic E-state index is 0.238. The lowest BCUT2D eigenvalue weighted by Crippen LogP contribution is -2.39. The van der Waals surface area contributed by atoms with Crippen molar-refractivity contribution in [2.75, 3.05) is 69.1 Å². The monoisotopic (exact) mass is 1270 g/mol. The number of nitrogens with one attached hydrogen (secondary N) is 1. The van der Waals surface area contributed by atoms with Gasteiger partial charge < -0.3 is 31.4 Å². The van der Waals surface area contributed by atoms with Crippen LogP contribution >= 0.6 is 71.0 Å². The van der Waals surface area contributed by atoms with Gasteiger partial charge in [-0.15, -0.1) is 0 Å². The van der Waals surface area contributed by atoms with Crippen LogP contribution in [0, 0.1) is 42.4 Å². The van der Waals surface area contributed by atoms with Gasteiger partial charge in [-0.3, -0.25) is 0 Å². The molecule has 0 amide bonds. The number of anilines is 2. The van der Waals surface area contributed by atoms with Crippen molar-refractivity contribution in [2.24, 2.45) is 35.5 Å². The molecule has 9 nitrogen and oxygen atoms in total. The SMILES string of the molecule is COc1ccc(S(=O)(=O)N2CCC(CSC(c3cc(Cl)ccc3N)C3CCCCC3)CC2)cc1OC.Cc1ccc(Cl)cc1C(O)C1CCCCC1.Nc1ccc(Cl)cc1C(SCC1CCNCC1)C1CCCCC1.SCC1CCCCC1. The second-order valence-electron chi connectivity index (χ2n) is 24.4. The van der Waals surface area contributed by atoms with Crippen LogP contribution in [0.1, 0.15) is 193 Å². The predicted molar refractivity (Wildman–Crippen MR) is 360 cm³/mol. The Hall–Kier alpha value is -2.17. The van der Waals surface area contributed by atoms with E-state index in [1.165, 1.54) is 167 Å². The molecule has 0 aromatic heterocycles. The Bertz CT molecular complexity index is 2650. The fourth-order valence-electron chi connectivity index (χ4n) is 13.4. The molecule has 83 heavy (non-hydrogen) atoms. The smallest absolute Gasteiger partial charge is 0.243 e. The molecular weight excluding hydrogens is 1180 g/mol. The third-order valence-corrected chi connectivity index (χ3v) is 25.0. The minimum atomic E-state index is -3.59. The zero-order valence-corrected chi connectivity index (χ0v) is 55.6. The Kier molecular flexibility index (Phi) is 29.4. The number of nitrogens with two attached hydrogens (primary N) is 2. The van der Waals surface area contributed by atoms with E-state index in [2.05, 4.69) is 35.8 Å². The highest BCUT2D eigenvalue weighted by molar-refractivity contribution is 7.99. The average molecular weight is 1280 g/mol. The Morgan fingerprint density at radius 1 is 0.566 bits per heavy atom. The van der Waals surface area contributed by atoms with Crippen molar-refractivity contribution in [1.82, 2.24) is 9.62 Å². The van der Waals surface area contributed by atoms with E-state index in [4.69, 9.17) is 55.7 Å². The summed E-state index contributed by atoms with van der Waals surface area (Å²) in [6.07, 6.45) is 30.5. The van der Waals surface area contributed by atoms with Crippen LogP contribution in [-0.2, 0) is 10.0 Å². The molecule has 2 aliphatic heterocycles. The summed E-state index contributed by atoms with van der Waals surface area (Å²) in [5, 5.41) is 17.0. The average Bonchev–Trinajstić information content (AvgIpc) is 3.61. The van der Waals surface area contributed by atoms with Crippen LogP contribution in [0.25, 0.3) is 0 Å². The summed E-state index contributed by atoms with van der Waals surface area (Å²) >= 11 is 27.0. The predicted octanol–water partition coefficient (Wildman–Crippen LogP) is 18.4. The van der Waals surface area contributed by atoms with E-state index in [-0.39, 0.29) is 11.0 Å². The number of aliphatic hydroxyl groups is 1. The van der Waals surface area contributed by atoms with Gasteiger partial charge in [-0.1, -0.05) is 118 Å². The second-order valence-corrected chi connectivity index (χ2v) is 30.4. The van der Waals surface area contributed by atoms with Gasteiger partial charge in [-0.2, -0.15) is 40.5 Å². The third kappa shape index (κ3) is 21.0. The minimum Gasteiger partial charge on any atom is -0.493 e. The molecule has 10 rings (SSSR count). The molecule has 0 radical (unpaired) electrons. The molecule has 16 heteroatoms. The van der Waals surface area contributed by atoms with E-state index < -0.39 is 10.0 Å². The van der Waals surface area contributed by atoms with Gasteiger partial charge in [-0.05, 0) is 233 Å². The molecule has 462 valence electrons. The van der Waals surface area contributed by atoms with Gasteiger partial charge in [0.15, 0.2) is 11.5 Å². The molecule has 4 aromatic rings. The molecule has 6 N–H and O–H groups in total. The molecular formula is C67H99Cl3N4O5S4. The van der Waals surface area contributed by atoms with Gasteiger partial charge in [0.05, 0.1) is 25.2 Å². The van der Waals surface area contributed by atoms with Gasteiger partial charge in [0, 0.05) is 56.1 Å². The molecule has 0 spiro atoms. The summed E-state index contributed by atoms with van der Waals surface area (Å²) in [7, 11) is -0.540. The van der Waals surface area contributed by atoms with Gasteiger partial charge in [0.25, 0.3) is 0 Å². The van der Waals surface area contributed by atoms with Crippen molar-refractivity contribution >= 4 is 92.4 Å². The summed E-state index contributed by atoms with van der Waals surface area (Å²) in [5.74, 6) is 8.36. The maximum Gasteiger partial charge on any atom is 0.243 e. The number of hydrogen-bond acceptors (Lipinski definition) is 11. The lowest BCUT2D eigenvalue weighted by molar-refractivity contribution is 0.0843. The van der Waals surface area contributed by atoms with Gasteiger partial charge in [-0.25, -0.2) is 8.42 Å². The van der Waals surface area contributed by atoms with Gasteiger partial charge in [0.1, 0.15) is 0 Å². The fourth-order valence-corrected chi connectivity index (χ4v) is 19.3. The largest absolute Gasteiger partial charge is 0.493 e. The zero-order chi connectivity index (χ0) is 59.1. The quantitative estimate of drug-likeness (QED) is 0.0513. The first-order chi connectivity index (χ1) is 40.2. The number of benzene rings is 4. The standard InChI is InChI=1S/C27H37ClN2O4S2.C19H29ClN2S.C14H19ClO.C7H14S/c1-33-25-11-9-22(17-26(25)34-2)36(31,32)30-14-12-19(13-15-30)18-35-27(20-6-4-3-5-7-20)23-16-21(28)8-10-24(23)29;20-16-6-7-18(21)17(12-16)19(15-4-2-1-3-5-15)23-13-14-8-10-22-11-9-14;1-10-7-8-12(15)9-13(10)14(16)11-5-3-2-4-6-11;8-6-7-4-2-1-3-5-7/h8-11,16-17,19-20,27H,3-7,12-15,18,29H2,1-2H3;6-7,12,14-15,19,22H,1-5,8-11,13,21H2;7-9,11,14,16H,2-6H2,1H3;7-8H,1-6H2. The first kappa shape index (κ1) is 68.3. The van der Waals surface area contributed by atoms with Gasteiger partial charge in [0.2, 0.25) is 10.0 Å². The maximum absolute atomic E-state index is 13.3. The number of ether oxygens (including phenoxy) is 2. The van der Waals surface area contributed by atoms with Crippen molar-refractivity contribution in [1.29, 1.82) is 0 Å². The molecule has 4 aromatic carbocycles. The fraction of sp³-hybridized carbons (Fsp3) is 0.642. The number of piperidine rings is 2. The number of methoxy groups -OCH3 is 2. The zero-order valence-electron chi connectivity index (χ0n) is 50.0.